The van der Waals surface area contributed by atoms with E-state index in [9.17, 15) is 18.0 Å². The highest BCUT2D eigenvalue weighted by atomic mass is 32.2. The number of carbonyl (C=O) groups is 2. The van der Waals surface area contributed by atoms with Crippen LogP contribution in [0.25, 0.3) is 0 Å². The van der Waals surface area contributed by atoms with Crippen molar-refractivity contribution < 1.29 is 22.7 Å². The summed E-state index contributed by atoms with van der Waals surface area (Å²) in [6, 6.07) is 6.01. The van der Waals surface area contributed by atoms with Crippen molar-refractivity contribution in [1.82, 2.24) is 14.6 Å². The van der Waals surface area contributed by atoms with E-state index in [1.807, 2.05) is 0 Å². The van der Waals surface area contributed by atoms with Gasteiger partial charge in [0.05, 0.1) is 16.9 Å². The summed E-state index contributed by atoms with van der Waals surface area (Å²) in [6.45, 7) is 1.66. The number of nitrogens with zero attached hydrogens (tertiary/aromatic N) is 2. The molecule has 2 amide bonds. The van der Waals surface area contributed by atoms with Gasteiger partial charge in [-0.1, -0.05) is 6.07 Å². The topological polar surface area (TPSA) is 118 Å². The molecule has 2 saturated heterocycles. The number of carbonyl (C=O) groups excluding carboxylic acids is 2. The van der Waals surface area contributed by atoms with Gasteiger partial charge in [-0.2, -0.15) is 0 Å². The van der Waals surface area contributed by atoms with E-state index in [4.69, 9.17) is 4.74 Å². The van der Waals surface area contributed by atoms with Gasteiger partial charge in [-0.25, -0.2) is 18.1 Å². The Balaban J connectivity index is 1.40. The number of benzene rings is 1. The maximum atomic E-state index is 13.1. The smallest absolute Gasteiger partial charge is 0.253 e. The lowest BCUT2D eigenvalue weighted by Gasteiger charge is -2.32. The lowest BCUT2D eigenvalue weighted by Crippen LogP contribution is -2.43. The van der Waals surface area contributed by atoms with Crippen LogP contribution < -0.4 is 10.0 Å². The number of hydrogen-bond acceptors (Lipinski definition) is 7. The van der Waals surface area contributed by atoms with Gasteiger partial charge in [0.2, 0.25) is 15.9 Å². The number of likely N-dealkylation sites (tertiary alicyclic amines) is 1. The number of rotatable bonds is 7. The molecule has 0 saturated carbocycles. The fourth-order valence-corrected chi connectivity index (χ4v) is 5.58. The van der Waals surface area contributed by atoms with E-state index < -0.39 is 10.0 Å². The van der Waals surface area contributed by atoms with Gasteiger partial charge in [0.25, 0.3) is 5.91 Å². The van der Waals surface area contributed by atoms with Crippen molar-refractivity contribution in [3.63, 3.8) is 0 Å². The predicted octanol–water partition coefficient (Wildman–Crippen LogP) is 2.09. The Morgan fingerprint density at radius 1 is 1.25 bits per heavy atom. The third-order valence-electron chi connectivity index (χ3n) is 5.66. The molecule has 1 aromatic carbocycles. The molecule has 32 heavy (non-hydrogen) atoms. The SMILES string of the molecule is O=C(Nc1nccs1)C1CCCN(C(=O)c2cccc(S(=O)(=O)NCC3CCCO3)c2)C1. The molecule has 4 rings (SSSR count). The second-order valence-corrected chi connectivity index (χ2v) is 10.6. The van der Waals surface area contributed by atoms with E-state index in [1.54, 1.807) is 28.6 Å². The highest BCUT2D eigenvalue weighted by Gasteiger charge is 2.30. The molecule has 2 N–H and O–H groups in total. The summed E-state index contributed by atoms with van der Waals surface area (Å²) in [4.78, 5) is 31.3. The van der Waals surface area contributed by atoms with Crippen LogP contribution >= 0.6 is 11.3 Å². The number of hydrogen-bond donors (Lipinski definition) is 2. The van der Waals surface area contributed by atoms with Crippen LogP contribution in [0.1, 0.15) is 36.0 Å². The van der Waals surface area contributed by atoms with Crippen LogP contribution in [0.3, 0.4) is 0 Å². The molecule has 172 valence electrons. The molecule has 2 atom stereocenters. The van der Waals surface area contributed by atoms with Crippen LogP contribution in [0, 0.1) is 5.92 Å². The van der Waals surface area contributed by atoms with Crippen LogP contribution in [0.5, 0.6) is 0 Å². The van der Waals surface area contributed by atoms with Crippen molar-refractivity contribution >= 4 is 38.3 Å². The highest BCUT2D eigenvalue weighted by molar-refractivity contribution is 7.89. The first-order chi connectivity index (χ1) is 15.4. The van der Waals surface area contributed by atoms with Crippen molar-refractivity contribution in [3.8, 4) is 0 Å². The van der Waals surface area contributed by atoms with Gasteiger partial charge >= 0.3 is 0 Å². The van der Waals surface area contributed by atoms with Crippen molar-refractivity contribution in [2.75, 3.05) is 31.6 Å². The monoisotopic (exact) mass is 478 g/mol. The largest absolute Gasteiger partial charge is 0.377 e. The second-order valence-electron chi connectivity index (χ2n) is 7.93. The lowest BCUT2D eigenvalue weighted by molar-refractivity contribution is -0.121. The molecule has 0 bridgehead atoms. The zero-order chi connectivity index (χ0) is 22.6. The molecule has 2 unspecified atom stereocenters. The summed E-state index contributed by atoms with van der Waals surface area (Å²) >= 11 is 1.34. The number of piperidine rings is 1. The van der Waals surface area contributed by atoms with Crippen molar-refractivity contribution in [2.24, 2.45) is 5.92 Å². The van der Waals surface area contributed by atoms with Crippen LogP contribution in [-0.4, -0.2) is 62.5 Å². The standard InChI is InChI=1S/C21H26N4O5S2/c26-19(24-21-22-8-11-31-21)16-5-2-9-25(14-16)20(27)15-4-1-7-18(12-15)32(28,29)23-13-17-6-3-10-30-17/h1,4,7-8,11-12,16-17,23H,2-3,5-6,9-10,13-14H2,(H,22,24,26). The average molecular weight is 479 g/mol. The number of ether oxygens (including phenoxy) is 1. The number of thiazole rings is 1. The number of anilines is 1. The maximum absolute atomic E-state index is 13.1. The third-order valence-corrected chi connectivity index (χ3v) is 7.77. The summed E-state index contributed by atoms with van der Waals surface area (Å²) in [5, 5.41) is 5.10. The Labute approximate surface area is 191 Å². The van der Waals surface area contributed by atoms with Crippen molar-refractivity contribution in [2.45, 2.75) is 36.7 Å². The van der Waals surface area contributed by atoms with Crippen LogP contribution in [-0.2, 0) is 19.6 Å². The summed E-state index contributed by atoms with van der Waals surface area (Å²) in [5.74, 6) is -0.781. The Kier molecular flexibility index (Phi) is 7.19. The molecule has 0 radical (unpaired) electrons. The van der Waals surface area contributed by atoms with Gasteiger partial charge in [0, 0.05) is 43.4 Å². The molecule has 2 aromatic rings. The van der Waals surface area contributed by atoms with Gasteiger partial charge in [-0.3, -0.25) is 9.59 Å². The molecule has 2 fully saturated rings. The Hall–Kier alpha value is -2.34. The van der Waals surface area contributed by atoms with Crippen LogP contribution in [0.4, 0.5) is 5.13 Å². The normalized spacial score (nSPS) is 21.4. The quantitative estimate of drug-likeness (QED) is 0.629. The first-order valence-corrected chi connectivity index (χ1v) is 13.0. The fraction of sp³-hybridized carbons (Fsp3) is 0.476. The zero-order valence-electron chi connectivity index (χ0n) is 17.5. The summed E-state index contributed by atoms with van der Waals surface area (Å²) in [5.41, 5.74) is 0.283. The number of nitrogens with one attached hydrogen (secondary N) is 2. The minimum atomic E-state index is -3.76. The zero-order valence-corrected chi connectivity index (χ0v) is 19.2. The molecule has 2 aliphatic heterocycles. The average Bonchev–Trinajstić information content (AvgIpc) is 3.52. The van der Waals surface area contributed by atoms with E-state index in [0.717, 1.165) is 12.8 Å². The summed E-state index contributed by atoms with van der Waals surface area (Å²) in [7, 11) is -3.76. The Morgan fingerprint density at radius 2 is 2.12 bits per heavy atom. The molecule has 2 aliphatic rings. The molecule has 0 aliphatic carbocycles. The summed E-state index contributed by atoms with van der Waals surface area (Å²) < 4.78 is 33.4. The molecule has 3 heterocycles. The second kappa shape index (κ2) is 10.1. The van der Waals surface area contributed by atoms with Crippen LogP contribution in [0.15, 0.2) is 40.7 Å². The van der Waals surface area contributed by atoms with Crippen molar-refractivity contribution in [3.05, 3.63) is 41.4 Å². The van der Waals surface area contributed by atoms with Gasteiger partial charge in [0.1, 0.15) is 0 Å². The van der Waals surface area contributed by atoms with E-state index in [-0.39, 0.29) is 47.4 Å². The minimum Gasteiger partial charge on any atom is -0.377 e. The number of amides is 2. The maximum Gasteiger partial charge on any atom is 0.253 e. The molecule has 0 spiro atoms. The summed E-state index contributed by atoms with van der Waals surface area (Å²) in [6.07, 6.45) is 4.64. The Bertz CT molecular complexity index is 1050. The minimum absolute atomic E-state index is 0.0384. The van der Waals surface area contributed by atoms with E-state index in [2.05, 4.69) is 15.0 Å². The van der Waals surface area contributed by atoms with E-state index in [0.29, 0.717) is 31.1 Å². The van der Waals surface area contributed by atoms with Crippen molar-refractivity contribution in [1.29, 1.82) is 0 Å². The lowest BCUT2D eigenvalue weighted by atomic mass is 9.96. The van der Waals surface area contributed by atoms with E-state index >= 15 is 0 Å². The van der Waals surface area contributed by atoms with Gasteiger partial charge in [0.15, 0.2) is 5.13 Å². The number of sulfonamides is 1. The van der Waals surface area contributed by atoms with Gasteiger partial charge < -0.3 is 15.0 Å². The first kappa shape index (κ1) is 22.8. The van der Waals surface area contributed by atoms with Gasteiger partial charge in [-0.15, -0.1) is 11.3 Å². The predicted molar refractivity (Wildman–Crippen MR) is 120 cm³/mol. The first-order valence-electron chi connectivity index (χ1n) is 10.6. The molecular weight excluding hydrogens is 452 g/mol. The molecule has 11 heteroatoms. The molecule has 1 aromatic heterocycles. The Morgan fingerprint density at radius 3 is 2.88 bits per heavy atom. The van der Waals surface area contributed by atoms with Gasteiger partial charge in [-0.05, 0) is 43.9 Å². The van der Waals surface area contributed by atoms with Crippen LogP contribution in [0.2, 0.25) is 0 Å². The fourth-order valence-electron chi connectivity index (χ4n) is 3.94. The highest BCUT2D eigenvalue weighted by Crippen LogP contribution is 2.22. The molecule has 9 nitrogen and oxygen atoms in total. The molecular formula is C21H26N4O5S2. The third kappa shape index (κ3) is 5.52. The van der Waals surface area contributed by atoms with E-state index in [1.165, 1.54) is 23.5 Å². The number of aromatic nitrogens is 1.